The van der Waals surface area contributed by atoms with E-state index in [-0.39, 0.29) is 17.9 Å². The molecule has 0 fully saturated rings. The van der Waals surface area contributed by atoms with Crippen molar-refractivity contribution in [2.75, 3.05) is 0 Å². The van der Waals surface area contributed by atoms with E-state index in [2.05, 4.69) is 59.4 Å². The first-order valence-electron chi connectivity index (χ1n) is 7.82. The van der Waals surface area contributed by atoms with Crippen LogP contribution in [-0.2, 0) is 10.8 Å². The Bertz CT molecular complexity index is 708. The minimum absolute atomic E-state index is 0.000666. The molecule has 2 aliphatic rings. The molecule has 0 spiro atoms. The van der Waals surface area contributed by atoms with Crippen LogP contribution >= 0.6 is 0 Å². The van der Waals surface area contributed by atoms with Gasteiger partial charge >= 0.3 is 7.12 Å². The molecule has 3 rings (SSSR count). The van der Waals surface area contributed by atoms with E-state index >= 15 is 0 Å². The van der Waals surface area contributed by atoms with Crippen LogP contribution in [0.3, 0.4) is 0 Å². The van der Waals surface area contributed by atoms with Crippen LogP contribution in [0.2, 0.25) is 0 Å². The van der Waals surface area contributed by atoms with Crippen molar-refractivity contribution in [3.05, 3.63) is 52.7 Å². The molecular weight excluding hydrogens is 271 g/mol. The van der Waals surface area contributed by atoms with Crippen LogP contribution in [0.15, 0.2) is 41.6 Å². The Labute approximate surface area is 133 Å². The summed E-state index contributed by atoms with van der Waals surface area (Å²) in [6, 6.07) is 4.38. The quantitative estimate of drug-likeness (QED) is 0.550. The zero-order valence-electron chi connectivity index (χ0n) is 14.3. The molecule has 1 heterocycles. The van der Waals surface area contributed by atoms with Gasteiger partial charge in [-0.3, -0.25) is 0 Å². The number of benzene rings is 1. The van der Waals surface area contributed by atoms with E-state index in [0.29, 0.717) is 0 Å². The Morgan fingerprint density at radius 3 is 2.23 bits per heavy atom. The third kappa shape index (κ3) is 2.62. The van der Waals surface area contributed by atoms with Crippen LogP contribution < -0.4 is 9.31 Å². The second-order valence-electron chi connectivity index (χ2n) is 8.04. The molecule has 0 radical (unpaired) electrons. The summed E-state index contributed by atoms with van der Waals surface area (Å²) >= 11 is 0. The first-order valence-corrected chi connectivity index (χ1v) is 7.82. The van der Waals surface area contributed by atoms with Gasteiger partial charge in [-0.2, -0.15) is 0 Å². The molecule has 1 aliphatic heterocycles. The predicted octanol–water partition coefficient (Wildman–Crippen LogP) is 4.73. The Hall–Kier alpha value is -1.86. The molecule has 0 saturated carbocycles. The van der Waals surface area contributed by atoms with Crippen LogP contribution in [0.1, 0.15) is 52.7 Å². The molecule has 0 atom stereocenters. The molecule has 0 amide bonds. The maximum atomic E-state index is 6.12. The number of fused-ring (bicyclic) bond motifs is 1. The molecule has 114 valence electrons. The second-order valence-corrected chi connectivity index (χ2v) is 8.04. The highest BCUT2D eigenvalue weighted by atomic mass is 16.6. The minimum atomic E-state index is -0.388. The number of allylic oxidation sites excluding steroid dienone is 3. The lowest BCUT2D eigenvalue weighted by atomic mass is 9.79. The van der Waals surface area contributed by atoms with Crippen LogP contribution in [0.5, 0.6) is 11.5 Å². The van der Waals surface area contributed by atoms with E-state index in [9.17, 15) is 0 Å². The van der Waals surface area contributed by atoms with Crippen molar-refractivity contribution in [2.45, 2.75) is 52.4 Å². The predicted molar refractivity (Wildman–Crippen MR) is 91.6 cm³/mol. The van der Waals surface area contributed by atoms with Gasteiger partial charge in [0.25, 0.3) is 0 Å². The van der Waals surface area contributed by atoms with Gasteiger partial charge in [-0.1, -0.05) is 59.8 Å². The van der Waals surface area contributed by atoms with Gasteiger partial charge in [0.05, 0.1) is 5.47 Å². The van der Waals surface area contributed by atoms with E-state index in [4.69, 9.17) is 9.31 Å². The van der Waals surface area contributed by atoms with Crippen LogP contribution in [0.25, 0.3) is 0 Å². The van der Waals surface area contributed by atoms with Crippen molar-refractivity contribution >= 4 is 7.12 Å². The van der Waals surface area contributed by atoms with Crippen molar-refractivity contribution in [1.82, 2.24) is 0 Å². The molecule has 0 aromatic heterocycles. The SMILES string of the molecule is CC(C)(C)c1cc2c(c(C(C)(C)C)c1)OB(C1=C=CC=C1)O2. The number of hydrogen-bond donors (Lipinski definition) is 0. The van der Waals surface area contributed by atoms with Crippen molar-refractivity contribution in [3.63, 3.8) is 0 Å². The molecule has 1 aliphatic carbocycles. The van der Waals surface area contributed by atoms with Gasteiger partial charge in [0.2, 0.25) is 0 Å². The first-order chi connectivity index (χ1) is 10.2. The lowest BCUT2D eigenvalue weighted by molar-refractivity contribution is 0.499. The van der Waals surface area contributed by atoms with E-state index in [1.807, 2.05) is 18.2 Å². The Morgan fingerprint density at radius 2 is 1.68 bits per heavy atom. The normalized spacial score (nSPS) is 16.5. The molecule has 3 heteroatoms. The van der Waals surface area contributed by atoms with Gasteiger partial charge in [0.1, 0.15) is 11.5 Å². The summed E-state index contributed by atoms with van der Waals surface area (Å²) in [6.45, 7) is 13.3. The number of hydrogen-bond acceptors (Lipinski definition) is 2. The summed E-state index contributed by atoms with van der Waals surface area (Å²) in [6.07, 6.45) is 5.82. The molecule has 1 aromatic carbocycles. The van der Waals surface area contributed by atoms with Gasteiger partial charge in [-0.25, -0.2) is 0 Å². The van der Waals surface area contributed by atoms with Gasteiger partial charge in [-0.15, -0.1) is 5.73 Å². The van der Waals surface area contributed by atoms with Gasteiger partial charge in [0, 0.05) is 5.56 Å². The van der Waals surface area contributed by atoms with Crippen LogP contribution in [0, 0.1) is 0 Å². The summed E-state index contributed by atoms with van der Waals surface area (Å²) in [5.41, 5.74) is 6.65. The van der Waals surface area contributed by atoms with Crippen molar-refractivity contribution < 1.29 is 9.31 Å². The summed E-state index contributed by atoms with van der Waals surface area (Å²) < 4.78 is 12.2. The Morgan fingerprint density at radius 1 is 0.955 bits per heavy atom. The lowest BCUT2D eigenvalue weighted by Gasteiger charge is -2.26. The molecule has 0 unspecified atom stereocenters. The summed E-state index contributed by atoms with van der Waals surface area (Å²) in [5.74, 6) is 1.72. The molecule has 0 saturated heterocycles. The highest BCUT2D eigenvalue weighted by molar-refractivity contribution is 6.57. The molecule has 0 bridgehead atoms. The largest absolute Gasteiger partial charge is 0.641 e. The minimum Gasteiger partial charge on any atom is -0.519 e. The first kappa shape index (κ1) is 15.1. The van der Waals surface area contributed by atoms with Crippen molar-refractivity contribution in [3.8, 4) is 11.5 Å². The number of rotatable bonds is 1. The topological polar surface area (TPSA) is 18.5 Å². The van der Waals surface area contributed by atoms with Gasteiger partial charge in [-0.05, 0) is 28.5 Å². The molecule has 0 N–H and O–H groups in total. The highest BCUT2D eigenvalue weighted by Gasteiger charge is 2.39. The average Bonchev–Trinajstić information content (AvgIpc) is 3.03. The average molecular weight is 294 g/mol. The third-order valence-electron chi connectivity index (χ3n) is 4.06. The van der Waals surface area contributed by atoms with E-state index in [0.717, 1.165) is 17.0 Å². The second kappa shape index (κ2) is 4.82. The summed E-state index contributed by atoms with van der Waals surface area (Å²) in [4.78, 5) is 0. The Balaban J connectivity index is 2.08. The smallest absolute Gasteiger partial charge is 0.519 e. The fourth-order valence-electron chi connectivity index (χ4n) is 2.67. The van der Waals surface area contributed by atoms with E-state index in [1.54, 1.807) is 0 Å². The zero-order chi connectivity index (χ0) is 16.1. The van der Waals surface area contributed by atoms with Gasteiger partial charge < -0.3 is 9.31 Å². The fraction of sp³-hybridized carbons (Fsp3) is 0.421. The fourth-order valence-corrected chi connectivity index (χ4v) is 2.67. The van der Waals surface area contributed by atoms with Gasteiger partial charge in [0.15, 0.2) is 0 Å². The molecule has 22 heavy (non-hydrogen) atoms. The Kier molecular flexibility index (Phi) is 3.30. The van der Waals surface area contributed by atoms with Crippen LogP contribution in [-0.4, -0.2) is 7.12 Å². The zero-order valence-corrected chi connectivity index (χ0v) is 14.3. The summed E-state index contributed by atoms with van der Waals surface area (Å²) in [7, 11) is -0.388. The summed E-state index contributed by atoms with van der Waals surface area (Å²) in [5, 5.41) is 0. The monoisotopic (exact) mass is 294 g/mol. The maximum Gasteiger partial charge on any atom is 0.641 e. The van der Waals surface area contributed by atoms with E-state index < -0.39 is 0 Å². The molecule has 1 aromatic rings. The third-order valence-corrected chi connectivity index (χ3v) is 4.06. The molecule has 2 nitrogen and oxygen atoms in total. The standard InChI is InChI=1S/C19H23BO2/c1-18(2,3)13-11-15(19(4,5)6)17-16(12-13)21-20(22-17)14-9-7-8-10-14/h7-9,11-12H,1-6H3. The van der Waals surface area contributed by atoms with E-state index in [1.165, 1.54) is 11.1 Å². The van der Waals surface area contributed by atoms with Crippen LogP contribution in [0.4, 0.5) is 0 Å². The highest BCUT2D eigenvalue weighted by Crippen LogP contribution is 2.46. The molecular formula is C19H23BO2. The van der Waals surface area contributed by atoms with Crippen molar-refractivity contribution in [1.29, 1.82) is 0 Å². The maximum absolute atomic E-state index is 6.12. The van der Waals surface area contributed by atoms with Crippen molar-refractivity contribution in [2.24, 2.45) is 0 Å². The lowest BCUT2D eigenvalue weighted by Crippen LogP contribution is -2.26.